The summed E-state index contributed by atoms with van der Waals surface area (Å²) < 4.78 is 11.6. The van der Waals surface area contributed by atoms with Gasteiger partial charge in [-0.25, -0.2) is 4.98 Å². The number of ether oxygens (including phenoxy) is 2. The Kier molecular flexibility index (Phi) is 8.40. The van der Waals surface area contributed by atoms with Crippen molar-refractivity contribution in [2.45, 2.75) is 64.0 Å². The zero-order valence-corrected chi connectivity index (χ0v) is 19.9. The Balaban J connectivity index is 1.14. The van der Waals surface area contributed by atoms with E-state index in [2.05, 4.69) is 33.8 Å². The predicted octanol–water partition coefficient (Wildman–Crippen LogP) is 4.40. The average Bonchev–Trinajstić information content (AvgIpc) is 3.35. The summed E-state index contributed by atoms with van der Waals surface area (Å²) in [7, 11) is 0. The molecule has 2 aliphatic heterocycles. The Bertz CT molecular complexity index is 811. The molecule has 0 spiro atoms. The quantitative estimate of drug-likeness (QED) is 0.559. The number of likely N-dealkylation sites (tertiary alicyclic amines) is 2. The van der Waals surface area contributed by atoms with Crippen LogP contribution in [-0.2, 0) is 11.2 Å². The van der Waals surface area contributed by atoms with Gasteiger partial charge in [-0.05, 0) is 56.2 Å². The summed E-state index contributed by atoms with van der Waals surface area (Å²) in [5, 5.41) is 2.75. The fraction of sp³-hybridized carbons (Fsp3) is 0.600. The molecule has 0 bridgehead atoms. The van der Waals surface area contributed by atoms with Crippen LogP contribution in [0.4, 0.5) is 0 Å². The summed E-state index contributed by atoms with van der Waals surface area (Å²) in [4.78, 5) is 21.6. The van der Waals surface area contributed by atoms with Crippen molar-refractivity contribution < 1.29 is 14.3 Å². The minimum atomic E-state index is 0.283. The fourth-order valence-corrected chi connectivity index (χ4v) is 5.18. The number of carbonyl (C=O) groups is 1. The molecule has 2 aliphatic rings. The second-order valence-corrected chi connectivity index (χ2v) is 9.61. The molecule has 0 unspecified atom stereocenters. The van der Waals surface area contributed by atoms with Crippen molar-refractivity contribution in [2.75, 3.05) is 32.8 Å². The maximum atomic E-state index is 12.7. The van der Waals surface area contributed by atoms with Gasteiger partial charge in [0, 0.05) is 50.2 Å². The lowest BCUT2D eigenvalue weighted by atomic mass is 9.98. The molecule has 0 aliphatic carbocycles. The molecule has 4 rings (SSSR count). The minimum absolute atomic E-state index is 0.283. The van der Waals surface area contributed by atoms with Crippen LogP contribution in [0.3, 0.4) is 0 Å². The Morgan fingerprint density at radius 1 is 1.09 bits per heavy atom. The number of rotatable bonds is 9. The highest BCUT2D eigenvalue weighted by atomic mass is 32.1. The van der Waals surface area contributed by atoms with Crippen LogP contribution in [-0.4, -0.2) is 65.6 Å². The molecule has 0 N–H and O–H groups in total. The lowest BCUT2D eigenvalue weighted by molar-refractivity contribution is -0.132. The minimum Gasteiger partial charge on any atom is -0.494 e. The van der Waals surface area contributed by atoms with Gasteiger partial charge in [-0.1, -0.05) is 30.4 Å². The molecule has 174 valence electrons. The predicted molar refractivity (Wildman–Crippen MR) is 127 cm³/mol. The van der Waals surface area contributed by atoms with E-state index in [1.807, 2.05) is 17.5 Å². The van der Waals surface area contributed by atoms with E-state index in [4.69, 9.17) is 9.47 Å². The Morgan fingerprint density at radius 2 is 1.84 bits per heavy atom. The highest BCUT2D eigenvalue weighted by molar-refractivity contribution is 7.11. The number of hydrogen-bond donors (Lipinski definition) is 0. The maximum absolute atomic E-state index is 12.7. The number of aromatic nitrogens is 1. The summed E-state index contributed by atoms with van der Waals surface area (Å²) in [6.45, 7) is 6.75. The third kappa shape index (κ3) is 6.45. The average molecular weight is 458 g/mol. The lowest BCUT2D eigenvalue weighted by Gasteiger charge is -2.41. The first-order chi connectivity index (χ1) is 15.7. The zero-order valence-electron chi connectivity index (χ0n) is 19.1. The van der Waals surface area contributed by atoms with Gasteiger partial charge in [0.15, 0.2) is 0 Å². The molecule has 6 nitrogen and oxygen atoms in total. The van der Waals surface area contributed by atoms with Crippen molar-refractivity contribution in [3.05, 3.63) is 41.4 Å². The van der Waals surface area contributed by atoms with Crippen molar-refractivity contribution in [1.82, 2.24) is 14.8 Å². The summed E-state index contributed by atoms with van der Waals surface area (Å²) >= 11 is 1.56. The molecule has 2 saturated heterocycles. The molecule has 2 fully saturated rings. The number of amides is 1. The van der Waals surface area contributed by atoms with E-state index >= 15 is 0 Å². The van der Waals surface area contributed by atoms with E-state index in [9.17, 15) is 4.79 Å². The topological polar surface area (TPSA) is 54.9 Å². The number of benzene rings is 1. The van der Waals surface area contributed by atoms with Crippen molar-refractivity contribution >= 4 is 17.2 Å². The number of nitrogens with zero attached hydrogens (tertiary/aromatic N) is 3. The Hall–Kier alpha value is -2.12. The molecular weight excluding hydrogens is 422 g/mol. The van der Waals surface area contributed by atoms with Crippen LogP contribution in [0.1, 0.15) is 51.0 Å². The molecular formula is C25H35N3O3S. The van der Waals surface area contributed by atoms with Gasteiger partial charge in [0.25, 0.3) is 5.19 Å². The molecule has 7 heteroatoms. The SMILES string of the molecule is CCCOc1ccc(CCC(=O)N2CCC(N3CCC(Oc4nccs4)CC3)CC2)cc1. The zero-order chi connectivity index (χ0) is 22.2. The fourth-order valence-electron chi connectivity index (χ4n) is 4.63. The first-order valence-electron chi connectivity index (χ1n) is 12.0. The van der Waals surface area contributed by atoms with Gasteiger partial charge in [0.2, 0.25) is 5.91 Å². The number of carbonyl (C=O) groups excluding carboxylic acids is 1. The molecule has 1 aromatic carbocycles. The number of hydrogen-bond acceptors (Lipinski definition) is 6. The highest BCUT2D eigenvalue weighted by Crippen LogP contribution is 2.25. The second kappa shape index (κ2) is 11.7. The van der Waals surface area contributed by atoms with E-state index in [0.29, 0.717) is 12.5 Å². The second-order valence-electron chi connectivity index (χ2n) is 8.76. The summed E-state index contributed by atoms with van der Waals surface area (Å²) in [6, 6.07) is 8.76. The standard InChI is InChI=1S/C25H35N3O3S/c1-2-18-30-22-6-3-20(4-7-22)5-8-24(29)28-14-9-21(10-15-28)27-16-11-23(12-17-27)31-25-26-13-19-32-25/h3-4,6-7,13,19,21,23H,2,5,8-12,14-18H2,1H3. The van der Waals surface area contributed by atoms with Gasteiger partial charge in [0.05, 0.1) is 6.61 Å². The van der Waals surface area contributed by atoms with E-state index in [0.717, 1.165) is 82.3 Å². The van der Waals surface area contributed by atoms with Crippen molar-refractivity contribution in [1.29, 1.82) is 0 Å². The van der Waals surface area contributed by atoms with E-state index in [1.54, 1.807) is 17.5 Å². The van der Waals surface area contributed by atoms with E-state index in [1.165, 1.54) is 5.56 Å². The van der Waals surface area contributed by atoms with Crippen LogP contribution < -0.4 is 9.47 Å². The number of thiazole rings is 1. The molecule has 0 saturated carbocycles. The van der Waals surface area contributed by atoms with Gasteiger partial charge in [-0.2, -0.15) is 0 Å². The van der Waals surface area contributed by atoms with Gasteiger partial charge in [0.1, 0.15) is 11.9 Å². The molecule has 0 atom stereocenters. The molecule has 32 heavy (non-hydrogen) atoms. The normalized spacial score (nSPS) is 18.6. The van der Waals surface area contributed by atoms with Gasteiger partial charge in [-0.15, -0.1) is 0 Å². The lowest BCUT2D eigenvalue weighted by Crippen LogP contribution is -2.50. The molecule has 0 radical (unpaired) electrons. The summed E-state index contributed by atoms with van der Waals surface area (Å²) in [6.07, 6.45) is 8.73. The van der Waals surface area contributed by atoms with Crippen LogP contribution >= 0.6 is 11.3 Å². The van der Waals surface area contributed by atoms with E-state index in [-0.39, 0.29) is 12.0 Å². The maximum Gasteiger partial charge on any atom is 0.273 e. The van der Waals surface area contributed by atoms with Crippen LogP contribution in [0.2, 0.25) is 0 Å². The molecule has 1 aromatic heterocycles. The monoisotopic (exact) mass is 457 g/mol. The van der Waals surface area contributed by atoms with Crippen molar-refractivity contribution in [3.63, 3.8) is 0 Å². The summed E-state index contributed by atoms with van der Waals surface area (Å²) in [5.41, 5.74) is 1.19. The van der Waals surface area contributed by atoms with Gasteiger partial charge < -0.3 is 14.4 Å². The number of aryl methyl sites for hydroxylation is 1. The largest absolute Gasteiger partial charge is 0.494 e. The highest BCUT2D eigenvalue weighted by Gasteiger charge is 2.30. The summed E-state index contributed by atoms with van der Waals surface area (Å²) in [5.74, 6) is 1.19. The van der Waals surface area contributed by atoms with Crippen molar-refractivity contribution in [2.24, 2.45) is 0 Å². The van der Waals surface area contributed by atoms with Crippen molar-refractivity contribution in [3.8, 4) is 10.9 Å². The Labute approximate surface area is 195 Å². The smallest absolute Gasteiger partial charge is 0.273 e. The third-order valence-corrected chi connectivity index (χ3v) is 7.17. The third-order valence-electron chi connectivity index (χ3n) is 6.51. The van der Waals surface area contributed by atoms with Crippen LogP contribution in [0.5, 0.6) is 10.9 Å². The molecule has 2 aromatic rings. The van der Waals surface area contributed by atoms with Gasteiger partial charge in [-0.3, -0.25) is 9.69 Å². The molecule has 1 amide bonds. The number of piperidine rings is 2. The van der Waals surface area contributed by atoms with Crippen LogP contribution in [0.25, 0.3) is 0 Å². The first kappa shape index (κ1) is 23.1. The molecule has 3 heterocycles. The first-order valence-corrected chi connectivity index (χ1v) is 12.9. The van der Waals surface area contributed by atoms with Gasteiger partial charge >= 0.3 is 0 Å². The van der Waals surface area contributed by atoms with E-state index < -0.39 is 0 Å². The Morgan fingerprint density at radius 3 is 2.50 bits per heavy atom. The van der Waals surface area contributed by atoms with Crippen LogP contribution in [0, 0.1) is 0 Å². The van der Waals surface area contributed by atoms with Crippen LogP contribution in [0.15, 0.2) is 35.8 Å².